The summed E-state index contributed by atoms with van der Waals surface area (Å²) in [5, 5.41) is 20.4. The fourth-order valence-electron chi connectivity index (χ4n) is 2.08. The first-order valence-corrected chi connectivity index (χ1v) is 6.26. The van der Waals surface area contributed by atoms with Crippen molar-refractivity contribution < 1.29 is 23.2 Å². The monoisotopic (exact) mass is 315 g/mol. The standard InChI is InChI=1S/C13H12F3N3O3/c14-13(15,16)11-4-2-1-3-9(11)5-10(20)6-18-7-12(17-8-18)19(21)22/h1-4,7-8,10,20H,5-6H2/t10-/m0/s1. The molecule has 1 N–H and O–H groups in total. The summed E-state index contributed by atoms with van der Waals surface area (Å²) >= 11 is 0. The summed E-state index contributed by atoms with van der Waals surface area (Å²) < 4.78 is 39.8. The van der Waals surface area contributed by atoms with Gasteiger partial charge in [0, 0.05) is 6.42 Å². The summed E-state index contributed by atoms with van der Waals surface area (Å²) in [6.45, 7) is -0.0902. The van der Waals surface area contributed by atoms with Crippen LogP contribution in [0, 0.1) is 10.1 Å². The maximum Gasteiger partial charge on any atom is 0.416 e. The van der Waals surface area contributed by atoms with Crippen LogP contribution in [0.3, 0.4) is 0 Å². The molecule has 1 aromatic heterocycles. The molecular weight excluding hydrogens is 303 g/mol. The van der Waals surface area contributed by atoms with Gasteiger partial charge in [-0.25, -0.2) is 0 Å². The van der Waals surface area contributed by atoms with Crippen molar-refractivity contribution in [2.24, 2.45) is 0 Å². The Morgan fingerprint density at radius 1 is 1.36 bits per heavy atom. The zero-order valence-electron chi connectivity index (χ0n) is 11.2. The number of aliphatic hydroxyl groups excluding tert-OH is 1. The fraction of sp³-hybridized carbons (Fsp3) is 0.308. The molecule has 9 heteroatoms. The van der Waals surface area contributed by atoms with Crippen molar-refractivity contribution in [2.75, 3.05) is 0 Å². The first-order valence-electron chi connectivity index (χ1n) is 6.26. The molecule has 0 aliphatic heterocycles. The van der Waals surface area contributed by atoms with Gasteiger partial charge >= 0.3 is 12.0 Å². The minimum Gasteiger partial charge on any atom is -0.391 e. The quantitative estimate of drug-likeness (QED) is 0.678. The van der Waals surface area contributed by atoms with Crippen LogP contribution in [0.4, 0.5) is 19.0 Å². The van der Waals surface area contributed by atoms with Gasteiger partial charge in [-0.1, -0.05) is 18.2 Å². The molecule has 118 valence electrons. The SMILES string of the molecule is O=[N+]([O-])c1cn(C[C@@H](O)Cc2ccccc2C(F)(F)F)cn1. The molecule has 0 saturated heterocycles. The third-order valence-electron chi connectivity index (χ3n) is 3.01. The normalized spacial score (nSPS) is 13.1. The molecule has 0 amide bonds. The lowest BCUT2D eigenvalue weighted by Crippen LogP contribution is -2.20. The van der Waals surface area contributed by atoms with E-state index >= 15 is 0 Å². The highest BCUT2D eigenvalue weighted by atomic mass is 19.4. The summed E-state index contributed by atoms with van der Waals surface area (Å²) in [5.41, 5.74) is -0.831. The third kappa shape index (κ3) is 3.82. The van der Waals surface area contributed by atoms with Gasteiger partial charge in [-0.3, -0.25) is 0 Å². The predicted octanol–water partition coefficient (Wildman–Crippen LogP) is 2.41. The Balaban J connectivity index is 2.09. The van der Waals surface area contributed by atoms with Crippen LogP contribution in [-0.2, 0) is 19.1 Å². The molecule has 0 aliphatic carbocycles. The summed E-state index contributed by atoms with van der Waals surface area (Å²) in [6, 6.07) is 4.98. The number of aliphatic hydroxyl groups is 1. The zero-order valence-corrected chi connectivity index (χ0v) is 11.2. The molecule has 22 heavy (non-hydrogen) atoms. The smallest absolute Gasteiger partial charge is 0.391 e. The largest absolute Gasteiger partial charge is 0.416 e. The molecule has 0 saturated carbocycles. The van der Waals surface area contributed by atoms with Crippen LogP contribution < -0.4 is 0 Å². The Bertz CT molecular complexity index is 670. The molecule has 0 radical (unpaired) electrons. The number of nitrogens with zero attached hydrogens (tertiary/aromatic N) is 3. The van der Waals surface area contributed by atoms with Crippen molar-refractivity contribution in [2.45, 2.75) is 25.2 Å². The molecule has 1 atom stereocenters. The van der Waals surface area contributed by atoms with Crippen molar-refractivity contribution in [1.29, 1.82) is 0 Å². The summed E-state index contributed by atoms with van der Waals surface area (Å²) in [7, 11) is 0. The van der Waals surface area contributed by atoms with Gasteiger partial charge in [-0.15, -0.1) is 0 Å². The van der Waals surface area contributed by atoms with E-state index in [9.17, 15) is 28.4 Å². The van der Waals surface area contributed by atoms with Gasteiger partial charge in [0.2, 0.25) is 6.33 Å². The van der Waals surface area contributed by atoms with Crippen molar-refractivity contribution in [1.82, 2.24) is 9.55 Å². The minimum absolute atomic E-state index is 0.0304. The van der Waals surface area contributed by atoms with Gasteiger partial charge in [0.05, 0.1) is 18.2 Å². The van der Waals surface area contributed by atoms with Crippen LogP contribution in [0.5, 0.6) is 0 Å². The highest BCUT2D eigenvalue weighted by Gasteiger charge is 2.33. The molecule has 0 unspecified atom stereocenters. The van der Waals surface area contributed by atoms with Crippen LogP contribution in [0.15, 0.2) is 36.8 Å². The Labute approximate surface area is 123 Å². The number of benzene rings is 1. The van der Waals surface area contributed by atoms with Crippen LogP contribution in [-0.4, -0.2) is 25.7 Å². The molecule has 0 aliphatic rings. The van der Waals surface area contributed by atoms with Gasteiger partial charge in [-0.05, 0) is 21.5 Å². The number of rotatable bonds is 5. The van der Waals surface area contributed by atoms with E-state index in [0.717, 1.165) is 18.6 Å². The minimum atomic E-state index is -4.50. The van der Waals surface area contributed by atoms with E-state index in [0.29, 0.717) is 0 Å². The first-order chi connectivity index (χ1) is 10.3. The van der Waals surface area contributed by atoms with E-state index in [1.807, 2.05) is 0 Å². The maximum absolute atomic E-state index is 12.8. The van der Waals surface area contributed by atoms with E-state index in [4.69, 9.17) is 0 Å². The van der Waals surface area contributed by atoms with Crippen LogP contribution >= 0.6 is 0 Å². The van der Waals surface area contributed by atoms with Crippen LogP contribution in [0.1, 0.15) is 11.1 Å². The number of hydrogen-bond donors (Lipinski definition) is 1. The number of halogens is 3. The molecular formula is C13H12F3N3O3. The molecule has 1 aromatic carbocycles. The number of aromatic nitrogens is 2. The molecule has 1 heterocycles. The zero-order chi connectivity index (χ0) is 16.3. The molecule has 0 fully saturated rings. The topological polar surface area (TPSA) is 81.2 Å². The van der Waals surface area contributed by atoms with Gasteiger partial charge in [-0.2, -0.15) is 13.2 Å². The predicted molar refractivity (Wildman–Crippen MR) is 70.0 cm³/mol. The summed E-state index contributed by atoms with van der Waals surface area (Å²) in [5.74, 6) is -0.386. The van der Waals surface area contributed by atoms with Crippen LogP contribution in [0.2, 0.25) is 0 Å². The molecule has 2 aromatic rings. The lowest BCUT2D eigenvalue weighted by atomic mass is 10.0. The number of hydrogen-bond acceptors (Lipinski definition) is 4. The maximum atomic E-state index is 12.8. The molecule has 2 rings (SSSR count). The molecule has 0 spiro atoms. The molecule has 0 bridgehead atoms. The Hall–Kier alpha value is -2.42. The van der Waals surface area contributed by atoms with Crippen molar-refractivity contribution >= 4 is 5.82 Å². The third-order valence-corrected chi connectivity index (χ3v) is 3.01. The Kier molecular flexibility index (Phi) is 4.45. The van der Waals surface area contributed by atoms with Crippen LogP contribution in [0.25, 0.3) is 0 Å². The van der Waals surface area contributed by atoms with Crippen molar-refractivity contribution in [3.63, 3.8) is 0 Å². The average Bonchev–Trinajstić information content (AvgIpc) is 2.86. The van der Waals surface area contributed by atoms with Gasteiger partial charge in [0.15, 0.2) is 0 Å². The fourth-order valence-corrected chi connectivity index (χ4v) is 2.08. The number of alkyl halides is 3. The lowest BCUT2D eigenvalue weighted by Gasteiger charge is -2.15. The summed E-state index contributed by atoms with van der Waals surface area (Å²) in [4.78, 5) is 13.3. The van der Waals surface area contributed by atoms with Crippen molar-refractivity contribution in [3.05, 3.63) is 58.0 Å². The van der Waals surface area contributed by atoms with Gasteiger partial charge < -0.3 is 19.8 Å². The summed E-state index contributed by atoms with van der Waals surface area (Å²) in [6.07, 6.45) is -3.58. The first kappa shape index (κ1) is 16.0. The number of imidazole rings is 1. The second kappa shape index (κ2) is 6.14. The molecule has 6 nitrogen and oxygen atoms in total. The number of nitro groups is 1. The van der Waals surface area contributed by atoms with E-state index in [-0.39, 0.29) is 24.3 Å². The van der Waals surface area contributed by atoms with Gasteiger partial charge in [0.1, 0.15) is 6.20 Å². The van der Waals surface area contributed by atoms with E-state index in [2.05, 4.69) is 4.98 Å². The van der Waals surface area contributed by atoms with Crippen molar-refractivity contribution in [3.8, 4) is 0 Å². The van der Waals surface area contributed by atoms with E-state index < -0.39 is 22.8 Å². The average molecular weight is 315 g/mol. The van der Waals surface area contributed by atoms with E-state index in [1.165, 1.54) is 22.8 Å². The van der Waals surface area contributed by atoms with E-state index in [1.54, 1.807) is 0 Å². The highest BCUT2D eigenvalue weighted by Crippen LogP contribution is 2.32. The second-order valence-corrected chi connectivity index (χ2v) is 4.70. The lowest BCUT2D eigenvalue weighted by molar-refractivity contribution is -0.389. The Morgan fingerprint density at radius 3 is 2.64 bits per heavy atom. The highest BCUT2D eigenvalue weighted by molar-refractivity contribution is 5.30. The van der Waals surface area contributed by atoms with Gasteiger partial charge in [0.25, 0.3) is 0 Å². The second-order valence-electron chi connectivity index (χ2n) is 4.70. The Morgan fingerprint density at radius 2 is 2.05 bits per heavy atom.